The summed E-state index contributed by atoms with van der Waals surface area (Å²) in [5, 5.41) is 0. The van der Waals surface area contributed by atoms with Crippen LogP contribution in [-0.4, -0.2) is 34.8 Å². The zero-order chi connectivity index (χ0) is 18.6. The molecule has 134 valence electrons. The summed E-state index contributed by atoms with van der Waals surface area (Å²) in [6.07, 6.45) is 5.43. The number of ether oxygens (including phenoxy) is 2. The van der Waals surface area contributed by atoms with Crippen molar-refractivity contribution in [2.24, 2.45) is 4.99 Å². The van der Waals surface area contributed by atoms with E-state index in [1.165, 1.54) is 0 Å². The Kier molecular flexibility index (Phi) is 4.53. The van der Waals surface area contributed by atoms with E-state index in [-0.39, 0.29) is 0 Å². The van der Waals surface area contributed by atoms with Crippen molar-refractivity contribution in [3.63, 3.8) is 0 Å². The number of rotatable bonds is 5. The van der Waals surface area contributed by atoms with Crippen LogP contribution in [0.1, 0.15) is 5.56 Å². The van der Waals surface area contributed by atoms with Crippen LogP contribution >= 0.6 is 0 Å². The average Bonchev–Trinajstić information content (AvgIpc) is 3.11. The minimum Gasteiger partial charge on any atom is -0.497 e. The van der Waals surface area contributed by atoms with E-state index in [2.05, 4.69) is 9.97 Å². The summed E-state index contributed by atoms with van der Waals surface area (Å²) in [6, 6.07) is 17.3. The minimum atomic E-state index is 0.602. The highest BCUT2D eigenvalue weighted by atomic mass is 16.5. The van der Waals surface area contributed by atoms with Crippen molar-refractivity contribution in [2.45, 2.75) is 0 Å². The molecule has 2 heterocycles. The third-order valence-corrected chi connectivity index (χ3v) is 4.19. The minimum absolute atomic E-state index is 0.602. The third kappa shape index (κ3) is 3.37. The van der Waals surface area contributed by atoms with Crippen molar-refractivity contribution >= 4 is 17.8 Å². The van der Waals surface area contributed by atoms with Crippen molar-refractivity contribution in [1.29, 1.82) is 0 Å². The number of benzene rings is 2. The number of aromatic nitrogens is 3. The summed E-state index contributed by atoms with van der Waals surface area (Å²) in [6.45, 7) is 0. The normalized spacial score (nSPS) is 11.2. The lowest BCUT2D eigenvalue weighted by atomic mass is 10.1. The van der Waals surface area contributed by atoms with Crippen LogP contribution in [0.15, 0.2) is 72.0 Å². The van der Waals surface area contributed by atoms with Gasteiger partial charge in [-0.25, -0.2) is 15.0 Å². The summed E-state index contributed by atoms with van der Waals surface area (Å²) in [7, 11) is 3.30. The maximum Gasteiger partial charge on any atom is 0.236 e. The molecule has 0 fully saturated rings. The van der Waals surface area contributed by atoms with Gasteiger partial charge in [-0.05, 0) is 60.2 Å². The number of nitrogens with zero attached hydrogens (tertiary/aromatic N) is 4. The Morgan fingerprint density at radius 3 is 2.26 bits per heavy atom. The van der Waals surface area contributed by atoms with E-state index in [0.29, 0.717) is 5.78 Å². The molecule has 0 N–H and O–H groups in total. The SMILES string of the molecule is COc1ccc(/C=N/c2c(-c3ccc(OC)cc3)nc3ncccn23)cc1. The fourth-order valence-electron chi connectivity index (χ4n) is 2.77. The fraction of sp³-hybridized carbons (Fsp3) is 0.0952. The molecule has 0 radical (unpaired) electrons. The quantitative estimate of drug-likeness (QED) is 0.503. The van der Waals surface area contributed by atoms with Crippen molar-refractivity contribution in [2.75, 3.05) is 14.2 Å². The first-order valence-electron chi connectivity index (χ1n) is 8.44. The number of imidazole rings is 1. The monoisotopic (exact) mass is 358 g/mol. The second-order valence-corrected chi connectivity index (χ2v) is 5.83. The highest BCUT2D eigenvalue weighted by molar-refractivity contribution is 5.85. The molecular weight excluding hydrogens is 340 g/mol. The van der Waals surface area contributed by atoms with E-state index in [9.17, 15) is 0 Å². The summed E-state index contributed by atoms with van der Waals surface area (Å²) in [5.41, 5.74) is 2.68. The van der Waals surface area contributed by atoms with Crippen LogP contribution in [0, 0.1) is 0 Å². The van der Waals surface area contributed by atoms with E-state index >= 15 is 0 Å². The van der Waals surface area contributed by atoms with Crippen LogP contribution < -0.4 is 9.47 Å². The predicted molar refractivity (Wildman–Crippen MR) is 105 cm³/mol. The summed E-state index contributed by atoms with van der Waals surface area (Å²) >= 11 is 0. The van der Waals surface area contributed by atoms with Crippen LogP contribution in [0.5, 0.6) is 11.5 Å². The molecule has 0 atom stereocenters. The molecule has 6 nitrogen and oxygen atoms in total. The molecule has 6 heteroatoms. The smallest absolute Gasteiger partial charge is 0.236 e. The Bertz CT molecular complexity index is 1080. The van der Waals surface area contributed by atoms with Gasteiger partial charge in [0.1, 0.15) is 17.2 Å². The molecule has 0 bridgehead atoms. The maximum atomic E-state index is 5.24. The third-order valence-electron chi connectivity index (χ3n) is 4.19. The average molecular weight is 358 g/mol. The van der Waals surface area contributed by atoms with Gasteiger partial charge in [-0.2, -0.15) is 0 Å². The van der Waals surface area contributed by atoms with Gasteiger partial charge in [-0.1, -0.05) is 0 Å². The molecule has 4 aromatic rings. The number of fused-ring (bicyclic) bond motifs is 1. The van der Waals surface area contributed by atoms with Gasteiger partial charge >= 0.3 is 0 Å². The largest absolute Gasteiger partial charge is 0.497 e. The first kappa shape index (κ1) is 16.8. The van der Waals surface area contributed by atoms with Gasteiger partial charge in [-0.3, -0.25) is 4.40 Å². The Labute approximate surface area is 156 Å². The lowest BCUT2D eigenvalue weighted by Gasteiger charge is -2.03. The molecule has 2 aromatic heterocycles. The summed E-state index contributed by atoms with van der Waals surface area (Å²) < 4.78 is 12.3. The molecule has 0 aliphatic heterocycles. The van der Waals surface area contributed by atoms with E-state index in [4.69, 9.17) is 14.5 Å². The van der Waals surface area contributed by atoms with E-state index in [1.807, 2.05) is 71.4 Å². The number of aliphatic imine (C=N–C) groups is 1. The molecule has 0 saturated heterocycles. The van der Waals surface area contributed by atoms with Crippen molar-refractivity contribution < 1.29 is 9.47 Å². The predicted octanol–water partition coefficient (Wildman–Crippen LogP) is 4.16. The van der Waals surface area contributed by atoms with Gasteiger partial charge in [0.2, 0.25) is 5.78 Å². The number of hydrogen-bond acceptors (Lipinski definition) is 5. The summed E-state index contributed by atoms with van der Waals surface area (Å²) in [4.78, 5) is 13.7. The highest BCUT2D eigenvalue weighted by Gasteiger charge is 2.14. The zero-order valence-corrected chi connectivity index (χ0v) is 15.0. The molecule has 0 amide bonds. The van der Waals surface area contributed by atoms with Gasteiger partial charge in [0.25, 0.3) is 0 Å². The molecule has 0 saturated carbocycles. The van der Waals surface area contributed by atoms with Crippen LogP contribution in [0.3, 0.4) is 0 Å². The molecule has 0 unspecified atom stereocenters. The first-order chi connectivity index (χ1) is 13.3. The van der Waals surface area contributed by atoms with Gasteiger partial charge in [0.15, 0.2) is 5.82 Å². The van der Waals surface area contributed by atoms with Gasteiger partial charge in [0.05, 0.1) is 14.2 Å². The standard InChI is InChI=1S/C21H18N4O2/c1-26-17-8-4-15(5-9-17)14-23-20-19(16-6-10-18(27-2)11-7-16)24-21-22-12-3-13-25(20)21/h3-14H,1-2H3/b23-14+. The van der Waals surface area contributed by atoms with E-state index in [0.717, 1.165) is 34.1 Å². The molecule has 0 aliphatic carbocycles. The van der Waals surface area contributed by atoms with Crippen LogP contribution in [0.25, 0.3) is 17.0 Å². The molecule has 27 heavy (non-hydrogen) atoms. The van der Waals surface area contributed by atoms with Gasteiger partial charge < -0.3 is 9.47 Å². The molecule has 0 aliphatic rings. The zero-order valence-electron chi connectivity index (χ0n) is 15.0. The number of methoxy groups -OCH3 is 2. The first-order valence-corrected chi connectivity index (χ1v) is 8.44. The fourth-order valence-corrected chi connectivity index (χ4v) is 2.77. The Balaban J connectivity index is 1.78. The number of hydrogen-bond donors (Lipinski definition) is 0. The van der Waals surface area contributed by atoms with Crippen LogP contribution in [0.4, 0.5) is 5.82 Å². The van der Waals surface area contributed by atoms with Gasteiger partial charge in [0, 0.05) is 24.2 Å². The van der Waals surface area contributed by atoms with Gasteiger partial charge in [-0.15, -0.1) is 0 Å². The topological polar surface area (TPSA) is 61.0 Å². The van der Waals surface area contributed by atoms with Crippen LogP contribution in [0.2, 0.25) is 0 Å². The highest BCUT2D eigenvalue weighted by Crippen LogP contribution is 2.31. The Hall–Kier alpha value is -3.67. The second kappa shape index (κ2) is 7.29. The second-order valence-electron chi connectivity index (χ2n) is 5.83. The molecular formula is C21H18N4O2. The lowest BCUT2D eigenvalue weighted by Crippen LogP contribution is -1.87. The summed E-state index contributed by atoms with van der Waals surface area (Å²) in [5.74, 6) is 2.93. The Morgan fingerprint density at radius 2 is 1.59 bits per heavy atom. The van der Waals surface area contributed by atoms with E-state index < -0.39 is 0 Å². The Morgan fingerprint density at radius 1 is 0.926 bits per heavy atom. The van der Waals surface area contributed by atoms with Crippen molar-refractivity contribution in [1.82, 2.24) is 14.4 Å². The molecule has 2 aromatic carbocycles. The van der Waals surface area contributed by atoms with E-state index in [1.54, 1.807) is 20.4 Å². The van der Waals surface area contributed by atoms with Crippen molar-refractivity contribution in [3.8, 4) is 22.8 Å². The van der Waals surface area contributed by atoms with Crippen LogP contribution in [-0.2, 0) is 0 Å². The molecule has 0 spiro atoms. The maximum absolute atomic E-state index is 5.24. The van der Waals surface area contributed by atoms with Crippen molar-refractivity contribution in [3.05, 3.63) is 72.6 Å². The lowest BCUT2D eigenvalue weighted by molar-refractivity contribution is 0.414. The molecule has 4 rings (SSSR count).